The Morgan fingerprint density at radius 1 is 1.10 bits per heavy atom. The molecule has 0 radical (unpaired) electrons. The van der Waals surface area contributed by atoms with Crippen LogP contribution in [0.2, 0.25) is 5.02 Å². The standard InChI is InChI=1S/C21H22ClN3O5/c1-12(26)23-14-5-4-6-15(8-14)25-11-13(7-20(25)27)21(28)24-17-9-16(22)18(29-2)10-19(17)30-3/h4-6,8-10,13H,7,11H2,1-3H3,(H,23,26)(H,24,28)/t13-/m1/s1. The van der Waals surface area contributed by atoms with Gasteiger partial charge in [0.2, 0.25) is 17.7 Å². The van der Waals surface area contributed by atoms with E-state index in [2.05, 4.69) is 10.6 Å². The van der Waals surface area contributed by atoms with Crippen LogP contribution in [-0.2, 0) is 14.4 Å². The van der Waals surface area contributed by atoms with Gasteiger partial charge in [-0.05, 0) is 24.3 Å². The second kappa shape index (κ2) is 9.04. The summed E-state index contributed by atoms with van der Waals surface area (Å²) in [5, 5.41) is 5.80. The minimum Gasteiger partial charge on any atom is -0.495 e. The van der Waals surface area contributed by atoms with Gasteiger partial charge in [0.25, 0.3) is 0 Å². The summed E-state index contributed by atoms with van der Waals surface area (Å²) in [6.07, 6.45) is 0.0718. The summed E-state index contributed by atoms with van der Waals surface area (Å²) >= 11 is 6.15. The Kier molecular flexibility index (Phi) is 6.47. The summed E-state index contributed by atoms with van der Waals surface area (Å²) in [6, 6.07) is 10.1. The van der Waals surface area contributed by atoms with Gasteiger partial charge in [-0.25, -0.2) is 0 Å². The molecule has 0 aromatic heterocycles. The monoisotopic (exact) mass is 431 g/mol. The van der Waals surface area contributed by atoms with E-state index < -0.39 is 5.92 Å². The number of hydrogen-bond acceptors (Lipinski definition) is 5. The molecule has 3 amide bonds. The number of nitrogens with zero attached hydrogens (tertiary/aromatic N) is 1. The molecule has 1 heterocycles. The summed E-state index contributed by atoms with van der Waals surface area (Å²) in [4.78, 5) is 38.1. The van der Waals surface area contributed by atoms with E-state index >= 15 is 0 Å². The smallest absolute Gasteiger partial charge is 0.229 e. The number of hydrogen-bond donors (Lipinski definition) is 2. The number of ether oxygens (including phenoxy) is 2. The van der Waals surface area contributed by atoms with Gasteiger partial charge in [0, 0.05) is 37.3 Å². The number of rotatable bonds is 6. The fourth-order valence-corrected chi connectivity index (χ4v) is 3.52. The Morgan fingerprint density at radius 3 is 2.50 bits per heavy atom. The highest BCUT2D eigenvalue weighted by atomic mass is 35.5. The average molecular weight is 432 g/mol. The summed E-state index contributed by atoms with van der Waals surface area (Å²) < 4.78 is 10.5. The van der Waals surface area contributed by atoms with Crippen molar-refractivity contribution in [2.75, 3.05) is 36.3 Å². The predicted molar refractivity (Wildman–Crippen MR) is 114 cm³/mol. The molecular formula is C21H22ClN3O5. The van der Waals surface area contributed by atoms with E-state index in [9.17, 15) is 14.4 Å². The lowest BCUT2D eigenvalue weighted by atomic mass is 10.1. The van der Waals surface area contributed by atoms with E-state index in [1.807, 2.05) is 0 Å². The fraction of sp³-hybridized carbons (Fsp3) is 0.286. The summed E-state index contributed by atoms with van der Waals surface area (Å²) in [6.45, 7) is 1.63. The first-order valence-electron chi connectivity index (χ1n) is 9.22. The van der Waals surface area contributed by atoms with Crippen LogP contribution in [-0.4, -0.2) is 38.5 Å². The first kappa shape index (κ1) is 21.4. The third kappa shape index (κ3) is 4.65. The molecule has 0 unspecified atom stereocenters. The predicted octanol–water partition coefficient (Wildman–Crippen LogP) is 3.31. The van der Waals surface area contributed by atoms with Crippen LogP contribution in [0.3, 0.4) is 0 Å². The Hall–Kier alpha value is -3.26. The maximum absolute atomic E-state index is 12.8. The zero-order chi connectivity index (χ0) is 21.8. The highest BCUT2D eigenvalue weighted by Crippen LogP contribution is 2.36. The van der Waals surface area contributed by atoms with E-state index in [1.165, 1.54) is 26.0 Å². The number of carbonyl (C=O) groups is 3. The molecule has 1 atom stereocenters. The largest absolute Gasteiger partial charge is 0.495 e. The zero-order valence-corrected chi connectivity index (χ0v) is 17.6. The number of anilines is 3. The molecule has 1 aliphatic rings. The summed E-state index contributed by atoms with van der Waals surface area (Å²) in [7, 11) is 2.96. The van der Waals surface area contributed by atoms with E-state index in [0.29, 0.717) is 33.6 Å². The first-order chi connectivity index (χ1) is 14.3. The van der Waals surface area contributed by atoms with Crippen LogP contribution in [0.4, 0.5) is 17.1 Å². The molecule has 1 fully saturated rings. The van der Waals surface area contributed by atoms with Crippen LogP contribution in [0.5, 0.6) is 11.5 Å². The molecule has 1 saturated heterocycles. The van der Waals surface area contributed by atoms with Crippen molar-refractivity contribution in [3.8, 4) is 11.5 Å². The highest BCUT2D eigenvalue weighted by Gasteiger charge is 2.35. The summed E-state index contributed by atoms with van der Waals surface area (Å²) in [5.74, 6) is -0.420. The summed E-state index contributed by atoms with van der Waals surface area (Å²) in [5.41, 5.74) is 1.59. The highest BCUT2D eigenvalue weighted by molar-refractivity contribution is 6.32. The molecule has 0 spiro atoms. The van der Waals surface area contributed by atoms with E-state index in [-0.39, 0.29) is 30.7 Å². The van der Waals surface area contributed by atoms with Crippen molar-refractivity contribution in [3.63, 3.8) is 0 Å². The minimum atomic E-state index is -0.549. The molecule has 30 heavy (non-hydrogen) atoms. The van der Waals surface area contributed by atoms with Crippen molar-refractivity contribution in [1.82, 2.24) is 0 Å². The van der Waals surface area contributed by atoms with Gasteiger partial charge in [-0.3, -0.25) is 14.4 Å². The van der Waals surface area contributed by atoms with Gasteiger partial charge < -0.3 is 25.0 Å². The minimum absolute atomic E-state index is 0.0718. The lowest BCUT2D eigenvalue weighted by Crippen LogP contribution is -2.28. The van der Waals surface area contributed by atoms with E-state index in [4.69, 9.17) is 21.1 Å². The van der Waals surface area contributed by atoms with E-state index in [1.54, 1.807) is 36.4 Å². The van der Waals surface area contributed by atoms with Crippen molar-refractivity contribution in [3.05, 3.63) is 41.4 Å². The lowest BCUT2D eigenvalue weighted by Gasteiger charge is -2.18. The molecule has 0 saturated carbocycles. The topological polar surface area (TPSA) is 97.0 Å². The Bertz CT molecular complexity index is 995. The molecular weight excluding hydrogens is 410 g/mol. The van der Waals surface area contributed by atoms with Gasteiger partial charge in [0.05, 0.1) is 30.8 Å². The normalized spacial score (nSPS) is 15.7. The molecule has 0 aliphatic carbocycles. The lowest BCUT2D eigenvalue weighted by molar-refractivity contribution is -0.122. The molecule has 2 N–H and O–H groups in total. The Morgan fingerprint density at radius 2 is 1.83 bits per heavy atom. The fourth-order valence-electron chi connectivity index (χ4n) is 3.28. The van der Waals surface area contributed by atoms with Crippen LogP contribution < -0.4 is 25.0 Å². The number of benzene rings is 2. The van der Waals surface area contributed by atoms with Crippen molar-refractivity contribution in [1.29, 1.82) is 0 Å². The SMILES string of the molecule is COc1cc(OC)c(NC(=O)[C@@H]2CC(=O)N(c3cccc(NC(C)=O)c3)C2)cc1Cl. The molecule has 2 aromatic rings. The molecule has 8 nitrogen and oxygen atoms in total. The molecule has 2 aromatic carbocycles. The number of halogens is 1. The maximum atomic E-state index is 12.8. The van der Waals surface area contributed by atoms with Crippen LogP contribution >= 0.6 is 11.6 Å². The molecule has 158 valence electrons. The number of nitrogens with one attached hydrogen (secondary N) is 2. The molecule has 1 aliphatic heterocycles. The Labute approximate surface area is 179 Å². The number of methoxy groups -OCH3 is 2. The maximum Gasteiger partial charge on any atom is 0.229 e. The van der Waals surface area contributed by atoms with Gasteiger partial charge in [-0.15, -0.1) is 0 Å². The van der Waals surface area contributed by atoms with Gasteiger partial charge in [0.1, 0.15) is 11.5 Å². The van der Waals surface area contributed by atoms with Gasteiger partial charge in [-0.1, -0.05) is 17.7 Å². The van der Waals surface area contributed by atoms with Gasteiger partial charge in [0.15, 0.2) is 0 Å². The molecule has 9 heteroatoms. The molecule has 0 bridgehead atoms. The zero-order valence-electron chi connectivity index (χ0n) is 16.8. The van der Waals surface area contributed by atoms with Gasteiger partial charge in [-0.2, -0.15) is 0 Å². The van der Waals surface area contributed by atoms with Crippen molar-refractivity contribution in [2.45, 2.75) is 13.3 Å². The van der Waals surface area contributed by atoms with Gasteiger partial charge >= 0.3 is 0 Å². The second-order valence-corrected chi connectivity index (χ2v) is 7.22. The van der Waals surface area contributed by atoms with Crippen LogP contribution in [0, 0.1) is 5.92 Å². The quantitative estimate of drug-likeness (QED) is 0.731. The van der Waals surface area contributed by atoms with Crippen LogP contribution in [0.15, 0.2) is 36.4 Å². The number of carbonyl (C=O) groups excluding carboxylic acids is 3. The second-order valence-electron chi connectivity index (χ2n) is 6.81. The van der Waals surface area contributed by atoms with Crippen LogP contribution in [0.1, 0.15) is 13.3 Å². The van der Waals surface area contributed by atoms with Crippen molar-refractivity contribution >= 4 is 46.4 Å². The van der Waals surface area contributed by atoms with Crippen molar-refractivity contribution in [2.24, 2.45) is 5.92 Å². The van der Waals surface area contributed by atoms with E-state index in [0.717, 1.165) is 0 Å². The molecule has 3 rings (SSSR count). The number of amides is 3. The third-order valence-corrected chi connectivity index (χ3v) is 5.00. The average Bonchev–Trinajstić information content (AvgIpc) is 3.10. The Balaban J connectivity index is 1.74. The van der Waals surface area contributed by atoms with Crippen LogP contribution in [0.25, 0.3) is 0 Å². The van der Waals surface area contributed by atoms with Crippen molar-refractivity contribution < 1.29 is 23.9 Å². The first-order valence-corrected chi connectivity index (χ1v) is 9.60. The third-order valence-electron chi connectivity index (χ3n) is 4.71.